The van der Waals surface area contributed by atoms with Crippen molar-refractivity contribution in [3.05, 3.63) is 36.0 Å². The molecule has 0 bridgehead atoms. The van der Waals surface area contributed by atoms with Crippen molar-refractivity contribution in [2.75, 3.05) is 7.11 Å². The average Bonchev–Trinajstić information content (AvgIpc) is 2.70. The molecule has 0 saturated heterocycles. The summed E-state index contributed by atoms with van der Waals surface area (Å²) >= 11 is 0. The Morgan fingerprint density at radius 2 is 1.94 bits per heavy atom. The fourth-order valence-electron chi connectivity index (χ4n) is 1.86. The lowest BCUT2D eigenvalue weighted by Gasteiger charge is -2.06. The van der Waals surface area contributed by atoms with Crippen molar-refractivity contribution < 1.29 is 4.74 Å². The van der Waals surface area contributed by atoms with Crippen LogP contribution in [0, 0.1) is 0 Å². The summed E-state index contributed by atoms with van der Waals surface area (Å²) in [5.74, 6) is 0.879. The van der Waals surface area contributed by atoms with Gasteiger partial charge in [-0.05, 0) is 36.2 Å². The van der Waals surface area contributed by atoms with Gasteiger partial charge < -0.3 is 4.74 Å². The highest BCUT2D eigenvalue weighted by atomic mass is 16.5. The number of aryl methyl sites for hydroxylation is 2. The van der Waals surface area contributed by atoms with Crippen LogP contribution in [0.2, 0.25) is 0 Å². The summed E-state index contributed by atoms with van der Waals surface area (Å²) in [4.78, 5) is 0. The van der Waals surface area contributed by atoms with E-state index in [1.807, 2.05) is 30.1 Å². The van der Waals surface area contributed by atoms with Crippen molar-refractivity contribution in [1.82, 2.24) is 9.78 Å². The molecule has 84 valence electrons. The molecule has 2 aromatic rings. The molecular weight excluding hydrogens is 200 g/mol. The molecule has 1 aromatic carbocycles. The first-order chi connectivity index (χ1) is 7.76. The first-order valence-electron chi connectivity index (χ1n) is 5.41. The highest BCUT2D eigenvalue weighted by Gasteiger charge is 2.08. The number of ether oxygens (including phenoxy) is 1. The third-order valence-corrected chi connectivity index (χ3v) is 2.76. The van der Waals surface area contributed by atoms with Crippen LogP contribution in [0.5, 0.6) is 5.75 Å². The molecule has 2 rings (SSSR count). The van der Waals surface area contributed by atoms with Gasteiger partial charge in [0.25, 0.3) is 0 Å². The number of hydrogen-bond donors (Lipinski definition) is 0. The molecule has 0 saturated carbocycles. The van der Waals surface area contributed by atoms with Crippen molar-refractivity contribution in [2.24, 2.45) is 7.05 Å². The van der Waals surface area contributed by atoms with Gasteiger partial charge in [0.1, 0.15) is 5.75 Å². The maximum Gasteiger partial charge on any atom is 0.118 e. The van der Waals surface area contributed by atoms with E-state index in [9.17, 15) is 0 Å². The Kier molecular flexibility index (Phi) is 2.95. The third kappa shape index (κ3) is 1.81. The summed E-state index contributed by atoms with van der Waals surface area (Å²) in [5, 5.41) is 4.29. The van der Waals surface area contributed by atoms with E-state index in [1.165, 1.54) is 16.8 Å². The van der Waals surface area contributed by atoms with Crippen molar-refractivity contribution >= 4 is 0 Å². The predicted octanol–water partition coefficient (Wildman–Crippen LogP) is 2.66. The average molecular weight is 216 g/mol. The van der Waals surface area contributed by atoms with E-state index in [-0.39, 0.29) is 0 Å². The zero-order valence-electron chi connectivity index (χ0n) is 9.90. The Morgan fingerprint density at radius 3 is 2.50 bits per heavy atom. The molecular formula is C13H16N2O. The van der Waals surface area contributed by atoms with Crippen LogP contribution in [-0.2, 0) is 13.5 Å². The van der Waals surface area contributed by atoms with Gasteiger partial charge in [0.2, 0.25) is 0 Å². The molecule has 3 nitrogen and oxygen atoms in total. The fourth-order valence-corrected chi connectivity index (χ4v) is 1.86. The molecule has 0 radical (unpaired) electrons. The molecule has 1 heterocycles. The normalized spacial score (nSPS) is 10.4. The maximum absolute atomic E-state index is 5.15. The smallest absolute Gasteiger partial charge is 0.118 e. The highest BCUT2D eigenvalue weighted by Crippen LogP contribution is 2.25. The van der Waals surface area contributed by atoms with Crippen molar-refractivity contribution in [3.63, 3.8) is 0 Å². The minimum atomic E-state index is 0.879. The first kappa shape index (κ1) is 10.7. The second kappa shape index (κ2) is 4.39. The lowest BCUT2D eigenvalue weighted by atomic mass is 10.1. The van der Waals surface area contributed by atoms with Crippen LogP contribution in [0.1, 0.15) is 12.5 Å². The van der Waals surface area contributed by atoms with E-state index in [1.54, 1.807) is 7.11 Å². The van der Waals surface area contributed by atoms with Gasteiger partial charge in [-0.1, -0.05) is 6.92 Å². The highest BCUT2D eigenvalue weighted by molar-refractivity contribution is 5.64. The molecule has 0 aliphatic rings. The van der Waals surface area contributed by atoms with E-state index in [2.05, 4.69) is 24.2 Å². The lowest BCUT2D eigenvalue weighted by molar-refractivity contribution is 0.415. The van der Waals surface area contributed by atoms with Crippen LogP contribution in [0.3, 0.4) is 0 Å². The second-order valence-electron chi connectivity index (χ2n) is 3.72. The van der Waals surface area contributed by atoms with Crippen LogP contribution in [0.15, 0.2) is 30.5 Å². The molecule has 1 aromatic heterocycles. The van der Waals surface area contributed by atoms with E-state index >= 15 is 0 Å². The van der Waals surface area contributed by atoms with Gasteiger partial charge in [-0.2, -0.15) is 5.10 Å². The van der Waals surface area contributed by atoms with E-state index < -0.39 is 0 Å². The van der Waals surface area contributed by atoms with Gasteiger partial charge in [0.05, 0.1) is 19.0 Å². The molecule has 16 heavy (non-hydrogen) atoms. The Balaban J connectivity index is 2.45. The van der Waals surface area contributed by atoms with Crippen molar-refractivity contribution in [3.8, 4) is 17.0 Å². The van der Waals surface area contributed by atoms with Crippen molar-refractivity contribution in [1.29, 1.82) is 0 Å². The molecule has 0 aliphatic heterocycles. The van der Waals surface area contributed by atoms with Gasteiger partial charge in [-0.3, -0.25) is 4.68 Å². The fraction of sp³-hybridized carbons (Fsp3) is 0.308. The maximum atomic E-state index is 5.15. The van der Waals surface area contributed by atoms with Crippen LogP contribution in [0.4, 0.5) is 0 Å². The van der Waals surface area contributed by atoms with Gasteiger partial charge in [0, 0.05) is 12.6 Å². The Morgan fingerprint density at radius 1 is 1.25 bits per heavy atom. The molecule has 3 heteroatoms. The molecule has 0 atom stereocenters. The summed E-state index contributed by atoms with van der Waals surface area (Å²) in [6, 6.07) is 8.08. The van der Waals surface area contributed by atoms with Gasteiger partial charge in [-0.25, -0.2) is 0 Å². The second-order valence-corrected chi connectivity index (χ2v) is 3.72. The largest absolute Gasteiger partial charge is 0.497 e. The Labute approximate surface area is 95.7 Å². The number of aromatic nitrogens is 2. The lowest BCUT2D eigenvalue weighted by Crippen LogP contribution is -1.95. The summed E-state index contributed by atoms with van der Waals surface area (Å²) in [6.07, 6.45) is 2.93. The summed E-state index contributed by atoms with van der Waals surface area (Å²) in [6.45, 7) is 2.14. The van der Waals surface area contributed by atoms with E-state index in [0.717, 1.165) is 12.2 Å². The number of hydrogen-bond acceptors (Lipinski definition) is 2. The quantitative estimate of drug-likeness (QED) is 0.788. The van der Waals surface area contributed by atoms with E-state index in [0.29, 0.717) is 0 Å². The standard InChI is InChI=1S/C13H16N2O/c1-4-10-9-14-15(2)13(10)11-5-7-12(16-3)8-6-11/h5-9H,4H2,1-3H3. The summed E-state index contributed by atoms with van der Waals surface area (Å²) < 4.78 is 7.07. The number of methoxy groups -OCH3 is 1. The minimum Gasteiger partial charge on any atom is -0.497 e. The summed E-state index contributed by atoms with van der Waals surface area (Å²) in [5.41, 5.74) is 3.63. The topological polar surface area (TPSA) is 27.1 Å². The Bertz CT molecular complexity index is 471. The monoisotopic (exact) mass is 216 g/mol. The molecule has 0 N–H and O–H groups in total. The minimum absolute atomic E-state index is 0.879. The number of rotatable bonds is 3. The van der Waals surface area contributed by atoms with Crippen LogP contribution < -0.4 is 4.74 Å². The first-order valence-corrected chi connectivity index (χ1v) is 5.41. The number of benzene rings is 1. The zero-order chi connectivity index (χ0) is 11.5. The van der Waals surface area contributed by atoms with Gasteiger partial charge in [0.15, 0.2) is 0 Å². The third-order valence-electron chi connectivity index (χ3n) is 2.76. The van der Waals surface area contributed by atoms with Crippen molar-refractivity contribution in [2.45, 2.75) is 13.3 Å². The summed E-state index contributed by atoms with van der Waals surface area (Å²) in [7, 11) is 3.65. The zero-order valence-corrected chi connectivity index (χ0v) is 9.90. The molecule has 0 fully saturated rings. The van der Waals surface area contributed by atoms with Gasteiger partial charge in [-0.15, -0.1) is 0 Å². The predicted molar refractivity (Wildman–Crippen MR) is 64.6 cm³/mol. The van der Waals surface area contributed by atoms with E-state index in [4.69, 9.17) is 4.74 Å². The van der Waals surface area contributed by atoms with Crippen LogP contribution in [0.25, 0.3) is 11.3 Å². The molecule has 0 aliphatic carbocycles. The van der Waals surface area contributed by atoms with Crippen LogP contribution >= 0.6 is 0 Å². The molecule has 0 unspecified atom stereocenters. The molecule has 0 amide bonds. The van der Waals surface area contributed by atoms with Crippen LogP contribution in [-0.4, -0.2) is 16.9 Å². The SMILES string of the molecule is CCc1cnn(C)c1-c1ccc(OC)cc1. The Hall–Kier alpha value is -1.77. The van der Waals surface area contributed by atoms with Gasteiger partial charge >= 0.3 is 0 Å². The molecule has 0 spiro atoms. The number of nitrogens with zero attached hydrogens (tertiary/aromatic N) is 2.